The third-order valence-electron chi connectivity index (χ3n) is 3.74. The number of fused-ring (bicyclic) bond motifs is 1. The van der Waals surface area contributed by atoms with Gasteiger partial charge in [-0.05, 0) is 34.7 Å². The Morgan fingerprint density at radius 1 is 1.32 bits per heavy atom. The third kappa shape index (κ3) is 3.72. The number of benzene rings is 1. The van der Waals surface area contributed by atoms with E-state index in [0.29, 0.717) is 13.0 Å². The zero-order chi connectivity index (χ0) is 15.4. The Hall–Kier alpha value is -1.30. The molecule has 0 radical (unpaired) electrons. The molecular formula is C17H19NO2S2. The molecule has 1 aromatic heterocycles. The Bertz CT molecular complexity index is 627. The van der Waals surface area contributed by atoms with Crippen LogP contribution in [-0.2, 0) is 17.6 Å². The van der Waals surface area contributed by atoms with Crippen LogP contribution in [-0.4, -0.2) is 29.4 Å². The molecule has 1 aliphatic heterocycles. The van der Waals surface area contributed by atoms with Crippen LogP contribution in [0.25, 0.3) is 0 Å². The first-order valence-electron chi connectivity index (χ1n) is 7.41. The largest absolute Gasteiger partial charge is 0.391 e. The summed E-state index contributed by atoms with van der Waals surface area (Å²) in [4.78, 5) is 13.7. The molecule has 1 amide bonds. The normalized spacial score (nSPS) is 18.5. The van der Waals surface area contributed by atoms with Crippen LogP contribution in [0.2, 0.25) is 0 Å². The summed E-state index contributed by atoms with van der Waals surface area (Å²) >= 11 is 3.42. The lowest BCUT2D eigenvalue weighted by Gasteiger charge is -2.22. The van der Waals surface area contributed by atoms with Crippen LogP contribution >= 0.6 is 23.1 Å². The molecule has 1 aromatic carbocycles. The molecule has 1 aliphatic rings. The van der Waals surface area contributed by atoms with Crippen LogP contribution in [0.1, 0.15) is 21.3 Å². The zero-order valence-electron chi connectivity index (χ0n) is 12.2. The van der Waals surface area contributed by atoms with Gasteiger partial charge in [-0.1, -0.05) is 30.3 Å². The topological polar surface area (TPSA) is 49.3 Å². The van der Waals surface area contributed by atoms with Crippen molar-refractivity contribution in [1.82, 2.24) is 5.32 Å². The Labute approximate surface area is 138 Å². The van der Waals surface area contributed by atoms with E-state index < -0.39 is 6.10 Å². The van der Waals surface area contributed by atoms with Gasteiger partial charge in [0.2, 0.25) is 5.91 Å². The summed E-state index contributed by atoms with van der Waals surface area (Å²) in [5, 5.41) is 14.9. The summed E-state index contributed by atoms with van der Waals surface area (Å²) in [7, 11) is 0. The Morgan fingerprint density at radius 2 is 2.14 bits per heavy atom. The lowest BCUT2D eigenvalue weighted by molar-refractivity contribution is -0.121. The predicted octanol–water partition coefficient (Wildman–Crippen LogP) is 2.80. The van der Waals surface area contributed by atoms with E-state index in [-0.39, 0.29) is 11.2 Å². The number of hydrogen-bond donors (Lipinski definition) is 2. The summed E-state index contributed by atoms with van der Waals surface area (Å²) in [5.74, 6) is 0.995. The van der Waals surface area contributed by atoms with E-state index in [1.165, 1.54) is 4.88 Å². The second-order valence-electron chi connectivity index (χ2n) is 5.39. The van der Waals surface area contributed by atoms with Gasteiger partial charge in [0.15, 0.2) is 0 Å². The van der Waals surface area contributed by atoms with Crippen molar-refractivity contribution in [2.24, 2.45) is 0 Å². The first-order chi connectivity index (χ1) is 10.7. The highest BCUT2D eigenvalue weighted by atomic mass is 32.2. The average Bonchev–Trinajstić information content (AvgIpc) is 3.02. The number of rotatable bonds is 5. The van der Waals surface area contributed by atoms with Crippen molar-refractivity contribution in [3.05, 3.63) is 57.8 Å². The molecule has 5 heteroatoms. The highest BCUT2D eigenvalue weighted by Gasteiger charge is 2.28. The summed E-state index contributed by atoms with van der Waals surface area (Å²) in [6, 6.07) is 11.9. The van der Waals surface area contributed by atoms with Gasteiger partial charge in [0.25, 0.3) is 0 Å². The number of hydrogen-bond acceptors (Lipinski definition) is 4. The molecule has 0 saturated carbocycles. The van der Waals surface area contributed by atoms with Crippen LogP contribution in [0.15, 0.2) is 41.8 Å². The second kappa shape index (κ2) is 7.31. The molecule has 0 aliphatic carbocycles. The lowest BCUT2D eigenvalue weighted by Crippen LogP contribution is -2.36. The van der Waals surface area contributed by atoms with Crippen molar-refractivity contribution in [2.75, 3.05) is 12.3 Å². The number of thioether (sulfide) groups is 1. The van der Waals surface area contributed by atoms with Crippen LogP contribution in [0.3, 0.4) is 0 Å². The van der Waals surface area contributed by atoms with Gasteiger partial charge in [0.05, 0.1) is 6.10 Å². The van der Waals surface area contributed by atoms with Crippen LogP contribution in [0, 0.1) is 0 Å². The van der Waals surface area contributed by atoms with Crippen LogP contribution < -0.4 is 5.32 Å². The Balaban J connectivity index is 1.53. The monoisotopic (exact) mass is 333 g/mol. The van der Waals surface area contributed by atoms with E-state index in [1.54, 1.807) is 23.1 Å². The van der Waals surface area contributed by atoms with Crippen LogP contribution in [0.4, 0.5) is 0 Å². The van der Waals surface area contributed by atoms with Crippen molar-refractivity contribution in [2.45, 2.75) is 24.2 Å². The Kier molecular flexibility index (Phi) is 5.18. The van der Waals surface area contributed by atoms with Gasteiger partial charge in [-0.25, -0.2) is 0 Å². The molecule has 2 atom stereocenters. The van der Waals surface area contributed by atoms with Crippen molar-refractivity contribution in [3.63, 3.8) is 0 Å². The fourth-order valence-corrected chi connectivity index (χ4v) is 4.95. The maximum atomic E-state index is 12.4. The number of carbonyl (C=O) groups excluding carboxylic acids is 1. The molecule has 22 heavy (non-hydrogen) atoms. The number of aliphatic hydroxyl groups is 1. The minimum Gasteiger partial charge on any atom is -0.391 e. The number of thiophene rings is 1. The smallest absolute Gasteiger partial charge is 0.237 e. The molecule has 3 nitrogen and oxygen atoms in total. The van der Waals surface area contributed by atoms with E-state index in [2.05, 4.69) is 16.8 Å². The molecule has 116 valence electrons. The minimum atomic E-state index is -0.554. The fourth-order valence-electron chi connectivity index (χ4n) is 2.63. The van der Waals surface area contributed by atoms with E-state index in [1.807, 2.05) is 30.3 Å². The standard InChI is InChI=1S/C17H19NO2S2/c19-13(10-12-4-2-1-3-5-12)11-18-17(20)16-14-6-8-21-15(14)7-9-22-16/h1-6,8,13,16,19H,7,9-11H2,(H,18,20)/t13-,16-/m0/s1. The molecule has 0 fully saturated rings. The first-order valence-corrected chi connectivity index (χ1v) is 9.34. The number of aryl methyl sites for hydroxylation is 1. The van der Waals surface area contributed by atoms with Crippen LogP contribution in [0.5, 0.6) is 0 Å². The van der Waals surface area contributed by atoms with Crippen molar-refractivity contribution >= 4 is 29.0 Å². The van der Waals surface area contributed by atoms with Gasteiger partial charge < -0.3 is 10.4 Å². The van der Waals surface area contributed by atoms with Gasteiger partial charge in [0, 0.05) is 17.8 Å². The second-order valence-corrected chi connectivity index (χ2v) is 7.60. The first kappa shape index (κ1) is 15.6. The third-order valence-corrected chi connectivity index (χ3v) is 5.98. The van der Waals surface area contributed by atoms with Gasteiger partial charge >= 0.3 is 0 Å². The lowest BCUT2D eigenvalue weighted by atomic mass is 10.1. The Morgan fingerprint density at radius 3 is 2.95 bits per heavy atom. The molecule has 0 unspecified atom stereocenters. The molecule has 0 spiro atoms. The summed E-state index contributed by atoms with van der Waals surface area (Å²) < 4.78 is 0. The SMILES string of the molecule is O=C(NC[C@@H](O)Cc1ccccc1)[C@H]1SCCc2sccc21. The fraction of sp³-hybridized carbons (Fsp3) is 0.353. The number of nitrogens with one attached hydrogen (secondary N) is 1. The number of aliphatic hydroxyl groups excluding tert-OH is 1. The molecular weight excluding hydrogens is 314 g/mol. The quantitative estimate of drug-likeness (QED) is 0.884. The maximum Gasteiger partial charge on any atom is 0.237 e. The van der Waals surface area contributed by atoms with Crippen molar-refractivity contribution in [1.29, 1.82) is 0 Å². The molecule has 2 heterocycles. The van der Waals surface area contributed by atoms with Gasteiger partial charge in [0.1, 0.15) is 5.25 Å². The summed E-state index contributed by atoms with van der Waals surface area (Å²) in [5.41, 5.74) is 2.23. The van der Waals surface area contributed by atoms with E-state index in [0.717, 1.165) is 23.3 Å². The van der Waals surface area contributed by atoms with Crippen molar-refractivity contribution < 1.29 is 9.90 Å². The minimum absolute atomic E-state index is 0.0106. The average molecular weight is 333 g/mol. The van der Waals surface area contributed by atoms with E-state index >= 15 is 0 Å². The molecule has 2 N–H and O–H groups in total. The molecule has 2 aromatic rings. The number of carbonyl (C=O) groups is 1. The number of amides is 1. The van der Waals surface area contributed by atoms with Gasteiger partial charge in [-0.3, -0.25) is 4.79 Å². The van der Waals surface area contributed by atoms with Crippen molar-refractivity contribution in [3.8, 4) is 0 Å². The van der Waals surface area contributed by atoms with E-state index in [4.69, 9.17) is 0 Å². The maximum absolute atomic E-state index is 12.4. The summed E-state index contributed by atoms with van der Waals surface area (Å²) in [6.45, 7) is 0.296. The summed E-state index contributed by atoms with van der Waals surface area (Å²) in [6.07, 6.45) is 1.06. The highest BCUT2D eigenvalue weighted by Crippen LogP contribution is 2.39. The van der Waals surface area contributed by atoms with E-state index in [9.17, 15) is 9.90 Å². The highest BCUT2D eigenvalue weighted by molar-refractivity contribution is 8.00. The van der Waals surface area contributed by atoms with Gasteiger partial charge in [-0.15, -0.1) is 23.1 Å². The molecule has 3 rings (SSSR count). The molecule has 0 bridgehead atoms. The van der Waals surface area contributed by atoms with Gasteiger partial charge in [-0.2, -0.15) is 0 Å². The zero-order valence-corrected chi connectivity index (χ0v) is 13.8. The predicted molar refractivity (Wildman–Crippen MR) is 92.4 cm³/mol. The molecule has 0 saturated heterocycles.